The van der Waals surface area contributed by atoms with Gasteiger partial charge in [-0.1, -0.05) is 0 Å². The third-order valence-electron chi connectivity index (χ3n) is 3.23. The van der Waals surface area contributed by atoms with Gasteiger partial charge in [-0.3, -0.25) is 0 Å². The van der Waals surface area contributed by atoms with Crippen LogP contribution < -0.4 is 5.32 Å². The summed E-state index contributed by atoms with van der Waals surface area (Å²) < 4.78 is 5.09. The minimum atomic E-state index is 0.900. The first-order valence-corrected chi connectivity index (χ1v) is 6.22. The van der Waals surface area contributed by atoms with Crippen molar-refractivity contribution in [3.05, 3.63) is 0 Å². The van der Waals surface area contributed by atoms with Gasteiger partial charge in [0.15, 0.2) is 0 Å². The van der Waals surface area contributed by atoms with Crippen LogP contribution in [0.4, 0.5) is 0 Å². The van der Waals surface area contributed by atoms with E-state index in [1.54, 1.807) is 7.11 Å². The van der Waals surface area contributed by atoms with Crippen molar-refractivity contribution >= 4 is 0 Å². The van der Waals surface area contributed by atoms with Crippen molar-refractivity contribution in [1.82, 2.24) is 10.2 Å². The van der Waals surface area contributed by atoms with Crippen LogP contribution in [-0.4, -0.2) is 51.8 Å². The first-order chi connectivity index (χ1) is 7.36. The molecule has 1 fully saturated rings. The van der Waals surface area contributed by atoms with E-state index in [9.17, 15) is 0 Å². The molecule has 1 rings (SSSR count). The molecule has 0 aliphatic carbocycles. The topological polar surface area (TPSA) is 24.5 Å². The number of piperidine rings is 1. The summed E-state index contributed by atoms with van der Waals surface area (Å²) in [5.41, 5.74) is 0. The molecule has 0 spiro atoms. The zero-order valence-corrected chi connectivity index (χ0v) is 10.3. The molecule has 0 aromatic carbocycles. The van der Waals surface area contributed by atoms with Gasteiger partial charge < -0.3 is 15.0 Å². The van der Waals surface area contributed by atoms with Crippen LogP contribution in [0.3, 0.4) is 0 Å². The average Bonchev–Trinajstić information content (AvgIpc) is 2.27. The quantitative estimate of drug-likeness (QED) is 0.647. The lowest BCUT2D eigenvalue weighted by Gasteiger charge is -2.32. The fourth-order valence-corrected chi connectivity index (χ4v) is 2.37. The molecule has 15 heavy (non-hydrogen) atoms. The smallest absolute Gasteiger partial charge is 0.0474 e. The van der Waals surface area contributed by atoms with Crippen LogP contribution in [0.15, 0.2) is 0 Å². The second-order valence-corrected chi connectivity index (χ2v) is 4.55. The van der Waals surface area contributed by atoms with Gasteiger partial charge >= 0.3 is 0 Å². The van der Waals surface area contributed by atoms with E-state index in [0.29, 0.717) is 0 Å². The van der Waals surface area contributed by atoms with Crippen molar-refractivity contribution < 1.29 is 4.74 Å². The van der Waals surface area contributed by atoms with E-state index in [4.69, 9.17) is 4.74 Å². The van der Waals surface area contributed by atoms with Crippen LogP contribution >= 0.6 is 0 Å². The molecule has 90 valence electrons. The second kappa shape index (κ2) is 8.08. The van der Waals surface area contributed by atoms with Crippen molar-refractivity contribution in [2.45, 2.75) is 25.7 Å². The standard InChI is InChI=1S/C12H26N2O/c1-13-7-6-12-5-3-8-14(11-12)9-4-10-15-2/h12-13H,3-11H2,1-2H3. The Morgan fingerprint density at radius 3 is 3.07 bits per heavy atom. The SMILES string of the molecule is CNCCC1CCCN(CCCOC)C1. The van der Waals surface area contributed by atoms with Crippen molar-refractivity contribution in [2.75, 3.05) is 46.9 Å². The van der Waals surface area contributed by atoms with Crippen LogP contribution in [0.1, 0.15) is 25.7 Å². The van der Waals surface area contributed by atoms with Gasteiger partial charge in [0, 0.05) is 26.8 Å². The highest BCUT2D eigenvalue weighted by Crippen LogP contribution is 2.19. The molecule has 1 aliphatic rings. The van der Waals surface area contributed by atoms with Crippen molar-refractivity contribution in [1.29, 1.82) is 0 Å². The van der Waals surface area contributed by atoms with Gasteiger partial charge in [-0.05, 0) is 51.7 Å². The Labute approximate surface area is 94.2 Å². The molecule has 0 saturated carbocycles. The molecule has 0 bridgehead atoms. The molecule has 3 nitrogen and oxygen atoms in total. The average molecular weight is 214 g/mol. The highest BCUT2D eigenvalue weighted by Gasteiger charge is 2.18. The molecular weight excluding hydrogens is 188 g/mol. The Kier molecular flexibility index (Phi) is 6.98. The Morgan fingerprint density at radius 2 is 2.33 bits per heavy atom. The van der Waals surface area contributed by atoms with E-state index >= 15 is 0 Å². The molecule has 0 aromatic heterocycles. The lowest BCUT2D eigenvalue weighted by atomic mass is 9.95. The molecule has 0 amide bonds. The number of nitrogens with zero attached hydrogens (tertiary/aromatic N) is 1. The van der Waals surface area contributed by atoms with Gasteiger partial charge in [0.25, 0.3) is 0 Å². The van der Waals surface area contributed by atoms with E-state index < -0.39 is 0 Å². The largest absolute Gasteiger partial charge is 0.385 e. The molecule has 1 heterocycles. The van der Waals surface area contributed by atoms with Crippen LogP contribution in [0.2, 0.25) is 0 Å². The molecular formula is C12H26N2O. The molecule has 1 aliphatic heterocycles. The third kappa shape index (κ3) is 5.50. The predicted molar refractivity (Wildman–Crippen MR) is 64.2 cm³/mol. The lowest BCUT2D eigenvalue weighted by Crippen LogP contribution is -2.37. The molecule has 0 radical (unpaired) electrons. The van der Waals surface area contributed by atoms with Crippen LogP contribution in [0.5, 0.6) is 0 Å². The van der Waals surface area contributed by atoms with E-state index in [0.717, 1.165) is 19.1 Å². The third-order valence-corrected chi connectivity index (χ3v) is 3.23. The van der Waals surface area contributed by atoms with Crippen LogP contribution in [0.25, 0.3) is 0 Å². The Balaban J connectivity index is 2.11. The van der Waals surface area contributed by atoms with Crippen molar-refractivity contribution in [3.8, 4) is 0 Å². The molecule has 0 aromatic rings. The minimum absolute atomic E-state index is 0.900. The second-order valence-electron chi connectivity index (χ2n) is 4.55. The minimum Gasteiger partial charge on any atom is -0.385 e. The number of ether oxygens (including phenoxy) is 1. The molecule has 1 N–H and O–H groups in total. The highest BCUT2D eigenvalue weighted by atomic mass is 16.5. The summed E-state index contributed by atoms with van der Waals surface area (Å²) in [4.78, 5) is 2.60. The number of hydrogen-bond donors (Lipinski definition) is 1. The van der Waals surface area contributed by atoms with Gasteiger partial charge in [-0.2, -0.15) is 0 Å². The number of nitrogens with one attached hydrogen (secondary N) is 1. The number of rotatable bonds is 7. The molecule has 1 saturated heterocycles. The fourth-order valence-electron chi connectivity index (χ4n) is 2.37. The molecule has 1 unspecified atom stereocenters. The monoisotopic (exact) mass is 214 g/mol. The van der Waals surface area contributed by atoms with Crippen LogP contribution in [-0.2, 0) is 4.74 Å². The summed E-state index contributed by atoms with van der Waals surface area (Å²) in [5.74, 6) is 0.911. The number of hydrogen-bond acceptors (Lipinski definition) is 3. The Bertz CT molecular complexity index is 153. The molecule has 3 heteroatoms. The Hall–Kier alpha value is -0.120. The van der Waals surface area contributed by atoms with Crippen molar-refractivity contribution in [3.63, 3.8) is 0 Å². The van der Waals surface area contributed by atoms with E-state index in [1.165, 1.54) is 45.3 Å². The van der Waals surface area contributed by atoms with E-state index in [2.05, 4.69) is 10.2 Å². The fraction of sp³-hybridized carbons (Fsp3) is 1.00. The zero-order chi connectivity index (χ0) is 10.9. The lowest BCUT2D eigenvalue weighted by molar-refractivity contribution is 0.138. The highest BCUT2D eigenvalue weighted by molar-refractivity contribution is 4.73. The van der Waals surface area contributed by atoms with Gasteiger partial charge in [0.2, 0.25) is 0 Å². The first-order valence-electron chi connectivity index (χ1n) is 6.22. The Morgan fingerprint density at radius 1 is 1.47 bits per heavy atom. The summed E-state index contributed by atoms with van der Waals surface area (Å²) in [6.45, 7) is 5.86. The maximum Gasteiger partial charge on any atom is 0.0474 e. The van der Waals surface area contributed by atoms with Gasteiger partial charge in [0.1, 0.15) is 0 Å². The van der Waals surface area contributed by atoms with E-state index in [1.807, 2.05) is 7.05 Å². The van der Waals surface area contributed by atoms with Crippen LogP contribution in [0, 0.1) is 5.92 Å². The summed E-state index contributed by atoms with van der Waals surface area (Å²) in [7, 11) is 3.82. The maximum absolute atomic E-state index is 5.09. The summed E-state index contributed by atoms with van der Waals surface area (Å²) >= 11 is 0. The summed E-state index contributed by atoms with van der Waals surface area (Å²) in [6, 6.07) is 0. The number of likely N-dealkylation sites (tertiary alicyclic amines) is 1. The summed E-state index contributed by atoms with van der Waals surface area (Å²) in [6.07, 6.45) is 5.30. The zero-order valence-electron chi connectivity index (χ0n) is 10.3. The normalized spacial score (nSPS) is 23.2. The number of methoxy groups -OCH3 is 1. The summed E-state index contributed by atoms with van der Waals surface area (Å²) in [5, 5.41) is 3.24. The maximum atomic E-state index is 5.09. The van der Waals surface area contributed by atoms with Crippen molar-refractivity contribution in [2.24, 2.45) is 5.92 Å². The van der Waals surface area contributed by atoms with Gasteiger partial charge in [-0.15, -0.1) is 0 Å². The molecule has 1 atom stereocenters. The predicted octanol–water partition coefficient (Wildman–Crippen LogP) is 1.34. The van der Waals surface area contributed by atoms with Gasteiger partial charge in [0.05, 0.1) is 0 Å². The first kappa shape index (κ1) is 12.9. The van der Waals surface area contributed by atoms with E-state index in [-0.39, 0.29) is 0 Å². The van der Waals surface area contributed by atoms with Gasteiger partial charge in [-0.25, -0.2) is 0 Å².